The molecule has 0 aromatic heterocycles. The highest BCUT2D eigenvalue weighted by Crippen LogP contribution is 2.17. The Balaban J connectivity index is 1.41. The third-order valence-corrected chi connectivity index (χ3v) is 5.26. The number of carbonyl (C=O) groups excluding carboxylic acids is 1. The molecule has 1 amide bonds. The van der Waals surface area contributed by atoms with Crippen LogP contribution in [0.2, 0.25) is 5.02 Å². The fourth-order valence-corrected chi connectivity index (χ4v) is 3.37. The van der Waals surface area contributed by atoms with Crippen molar-refractivity contribution in [3.63, 3.8) is 0 Å². The molecule has 7 heteroatoms. The van der Waals surface area contributed by atoms with Crippen LogP contribution in [0, 0.1) is 0 Å². The number of benzene rings is 2. The molecule has 1 aliphatic rings. The van der Waals surface area contributed by atoms with Crippen molar-refractivity contribution in [2.75, 3.05) is 39.3 Å². The monoisotopic (exact) mass is 452 g/mol. The van der Waals surface area contributed by atoms with E-state index < -0.39 is 6.10 Å². The van der Waals surface area contributed by atoms with Crippen molar-refractivity contribution in [3.05, 3.63) is 63.6 Å². The van der Waals surface area contributed by atoms with Gasteiger partial charge in [-0.3, -0.25) is 9.69 Å². The van der Waals surface area contributed by atoms with Gasteiger partial charge in [0.05, 0.1) is 0 Å². The van der Waals surface area contributed by atoms with E-state index in [1.54, 1.807) is 24.3 Å². The lowest BCUT2D eigenvalue weighted by molar-refractivity contribution is 0.0403. The smallest absolute Gasteiger partial charge is 0.253 e. The maximum Gasteiger partial charge on any atom is 0.253 e. The summed E-state index contributed by atoms with van der Waals surface area (Å²) in [6.07, 6.45) is -0.577. The third kappa shape index (κ3) is 5.94. The van der Waals surface area contributed by atoms with Crippen LogP contribution in [0.5, 0.6) is 5.75 Å². The van der Waals surface area contributed by atoms with Crippen LogP contribution in [0.4, 0.5) is 0 Å². The van der Waals surface area contributed by atoms with E-state index in [0.29, 0.717) is 30.2 Å². The van der Waals surface area contributed by atoms with Crippen molar-refractivity contribution in [2.45, 2.75) is 6.10 Å². The fourth-order valence-electron chi connectivity index (χ4n) is 2.98. The highest BCUT2D eigenvalue weighted by molar-refractivity contribution is 9.10. The summed E-state index contributed by atoms with van der Waals surface area (Å²) < 4.78 is 6.61. The van der Waals surface area contributed by atoms with Gasteiger partial charge in [0, 0.05) is 47.8 Å². The molecule has 5 nitrogen and oxygen atoms in total. The van der Waals surface area contributed by atoms with E-state index in [-0.39, 0.29) is 12.5 Å². The minimum Gasteiger partial charge on any atom is -0.491 e. The van der Waals surface area contributed by atoms with Gasteiger partial charge in [-0.1, -0.05) is 27.5 Å². The highest BCUT2D eigenvalue weighted by atomic mass is 79.9. The topological polar surface area (TPSA) is 53.0 Å². The number of piperazine rings is 1. The Hall–Kier alpha value is -1.60. The molecule has 1 N–H and O–H groups in total. The molecule has 2 aromatic carbocycles. The zero-order valence-corrected chi connectivity index (χ0v) is 17.2. The highest BCUT2D eigenvalue weighted by Gasteiger charge is 2.23. The summed E-state index contributed by atoms with van der Waals surface area (Å²) in [6, 6.07) is 14.5. The average molecular weight is 454 g/mol. The number of β-amino-alcohol motifs (C(OH)–C–C–N with tert-alkyl or cyclic N) is 1. The predicted octanol–water partition coefficient (Wildman–Crippen LogP) is 3.30. The summed E-state index contributed by atoms with van der Waals surface area (Å²) in [5, 5.41) is 10.8. The molecule has 144 valence electrons. The first kappa shape index (κ1) is 20.1. The van der Waals surface area contributed by atoms with Gasteiger partial charge in [-0.25, -0.2) is 0 Å². The van der Waals surface area contributed by atoms with Crippen molar-refractivity contribution in [1.29, 1.82) is 0 Å². The predicted molar refractivity (Wildman–Crippen MR) is 109 cm³/mol. The zero-order valence-electron chi connectivity index (χ0n) is 14.9. The van der Waals surface area contributed by atoms with Gasteiger partial charge in [-0.05, 0) is 48.5 Å². The molecule has 1 aliphatic heterocycles. The van der Waals surface area contributed by atoms with E-state index in [1.807, 2.05) is 29.2 Å². The lowest BCUT2D eigenvalue weighted by Gasteiger charge is -2.35. The summed E-state index contributed by atoms with van der Waals surface area (Å²) in [4.78, 5) is 16.5. The second-order valence-electron chi connectivity index (χ2n) is 6.52. The summed E-state index contributed by atoms with van der Waals surface area (Å²) in [6.45, 7) is 3.51. The van der Waals surface area contributed by atoms with Crippen LogP contribution < -0.4 is 4.74 Å². The third-order valence-electron chi connectivity index (χ3n) is 4.48. The Bertz CT molecular complexity index is 747. The van der Waals surface area contributed by atoms with E-state index in [1.165, 1.54) is 0 Å². The SMILES string of the molecule is O=C(c1ccc(Cl)cc1)N1CCN(CC(O)COc2ccc(Br)cc2)CC1. The molecule has 3 rings (SSSR count). The van der Waals surface area contributed by atoms with Crippen LogP contribution in [-0.4, -0.2) is 66.2 Å². The summed E-state index contributed by atoms with van der Waals surface area (Å²) in [7, 11) is 0. The molecule has 27 heavy (non-hydrogen) atoms. The van der Waals surface area contributed by atoms with Gasteiger partial charge in [0.15, 0.2) is 0 Å². The lowest BCUT2D eigenvalue weighted by atomic mass is 10.2. The Labute approximate surface area is 172 Å². The molecule has 1 heterocycles. The summed E-state index contributed by atoms with van der Waals surface area (Å²) >= 11 is 9.25. The first-order chi connectivity index (χ1) is 13.0. The number of hydrogen-bond donors (Lipinski definition) is 1. The van der Waals surface area contributed by atoms with Crippen molar-refractivity contribution >= 4 is 33.4 Å². The molecule has 1 atom stereocenters. The van der Waals surface area contributed by atoms with Gasteiger partial charge in [0.25, 0.3) is 5.91 Å². The molecular weight excluding hydrogens is 432 g/mol. The first-order valence-electron chi connectivity index (χ1n) is 8.85. The molecule has 0 aliphatic carbocycles. The number of halogens is 2. The normalized spacial score (nSPS) is 16.2. The summed E-state index contributed by atoms with van der Waals surface area (Å²) in [5.74, 6) is 0.751. The minimum atomic E-state index is -0.577. The number of hydrogen-bond acceptors (Lipinski definition) is 4. The second kappa shape index (κ2) is 9.55. The van der Waals surface area contributed by atoms with Crippen molar-refractivity contribution < 1.29 is 14.6 Å². The number of rotatable bonds is 6. The Morgan fingerprint density at radius 2 is 1.70 bits per heavy atom. The van der Waals surface area contributed by atoms with E-state index in [0.717, 1.165) is 23.3 Å². The maximum absolute atomic E-state index is 12.5. The van der Waals surface area contributed by atoms with Crippen LogP contribution in [0.3, 0.4) is 0 Å². The van der Waals surface area contributed by atoms with Crippen molar-refractivity contribution in [3.8, 4) is 5.75 Å². The van der Waals surface area contributed by atoms with Crippen molar-refractivity contribution in [2.24, 2.45) is 0 Å². The first-order valence-corrected chi connectivity index (χ1v) is 10.0. The van der Waals surface area contributed by atoms with Crippen molar-refractivity contribution in [1.82, 2.24) is 9.80 Å². The van der Waals surface area contributed by atoms with E-state index >= 15 is 0 Å². The maximum atomic E-state index is 12.5. The molecule has 1 saturated heterocycles. The van der Waals surface area contributed by atoms with Crippen LogP contribution in [0.15, 0.2) is 53.0 Å². The number of amides is 1. The van der Waals surface area contributed by atoms with Gasteiger partial charge in [-0.15, -0.1) is 0 Å². The van der Waals surface area contributed by atoms with E-state index in [9.17, 15) is 9.90 Å². The Morgan fingerprint density at radius 1 is 1.07 bits per heavy atom. The largest absolute Gasteiger partial charge is 0.491 e. The van der Waals surface area contributed by atoms with Gasteiger partial charge < -0.3 is 14.7 Å². The molecule has 1 fully saturated rings. The lowest BCUT2D eigenvalue weighted by Crippen LogP contribution is -2.50. The molecule has 0 radical (unpaired) electrons. The molecule has 2 aromatic rings. The van der Waals surface area contributed by atoms with Gasteiger partial charge in [0.1, 0.15) is 18.5 Å². The zero-order chi connectivity index (χ0) is 19.2. The number of nitrogens with zero attached hydrogens (tertiary/aromatic N) is 2. The summed E-state index contributed by atoms with van der Waals surface area (Å²) in [5.41, 5.74) is 0.649. The van der Waals surface area contributed by atoms with Crippen LogP contribution >= 0.6 is 27.5 Å². The van der Waals surface area contributed by atoms with E-state index in [2.05, 4.69) is 20.8 Å². The van der Waals surface area contributed by atoms with Crippen LogP contribution in [-0.2, 0) is 0 Å². The van der Waals surface area contributed by atoms with E-state index in [4.69, 9.17) is 16.3 Å². The Morgan fingerprint density at radius 3 is 2.33 bits per heavy atom. The second-order valence-corrected chi connectivity index (χ2v) is 7.87. The molecule has 0 spiro atoms. The van der Waals surface area contributed by atoms with Gasteiger partial charge in [0.2, 0.25) is 0 Å². The van der Waals surface area contributed by atoms with Crippen LogP contribution in [0.25, 0.3) is 0 Å². The standard InChI is InChI=1S/C20H22BrClN2O3/c21-16-3-7-19(8-4-16)27-14-18(25)13-23-9-11-24(12-10-23)20(26)15-1-5-17(22)6-2-15/h1-8,18,25H,9-14H2. The quantitative estimate of drug-likeness (QED) is 0.729. The number of ether oxygens (including phenoxy) is 1. The average Bonchev–Trinajstić information content (AvgIpc) is 2.68. The Kier molecular flexibility index (Phi) is 7.13. The molecular formula is C20H22BrClN2O3. The minimum absolute atomic E-state index is 0.0189. The number of carbonyl (C=O) groups is 1. The molecule has 0 bridgehead atoms. The van der Waals surface area contributed by atoms with Crippen LogP contribution in [0.1, 0.15) is 10.4 Å². The molecule has 1 unspecified atom stereocenters. The molecule has 0 saturated carbocycles. The fraction of sp³-hybridized carbons (Fsp3) is 0.350. The van der Waals surface area contributed by atoms with Gasteiger partial charge in [-0.2, -0.15) is 0 Å². The number of aliphatic hydroxyl groups excluding tert-OH is 1. The number of aliphatic hydroxyl groups is 1. The van der Waals surface area contributed by atoms with Gasteiger partial charge >= 0.3 is 0 Å².